The maximum Gasteiger partial charge on any atom is 0.143 e. The fourth-order valence-corrected chi connectivity index (χ4v) is 15.0. The van der Waals surface area contributed by atoms with E-state index in [-0.39, 0.29) is 0 Å². The molecule has 0 aliphatic carbocycles. The summed E-state index contributed by atoms with van der Waals surface area (Å²) in [7, 11) is 0. The molecule has 8 nitrogen and oxygen atoms in total. The Labute approximate surface area is 542 Å². The van der Waals surface area contributed by atoms with Gasteiger partial charge >= 0.3 is 0 Å². The third-order valence-electron chi connectivity index (χ3n) is 19.4. The Morgan fingerprint density at radius 3 is 0.646 bits per heavy atom. The van der Waals surface area contributed by atoms with Crippen molar-refractivity contribution < 1.29 is 35.3 Å². The number of fused-ring (bicyclic) bond motifs is 32. The van der Waals surface area contributed by atoms with E-state index in [4.69, 9.17) is 35.3 Å². The second-order valence-electron chi connectivity index (χ2n) is 24.8. The summed E-state index contributed by atoms with van der Waals surface area (Å²) in [5, 5.41) is 27.8. The lowest BCUT2D eigenvalue weighted by Gasteiger charge is -2.01. The van der Waals surface area contributed by atoms with Crippen LogP contribution in [0, 0.1) is 0 Å². The lowest BCUT2D eigenvalue weighted by Crippen LogP contribution is -1.76. The van der Waals surface area contributed by atoms with Gasteiger partial charge in [-0.05, 0) is 178 Å². The van der Waals surface area contributed by atoms with Crippen LogP contribution >= 0.6 is 0 Å². The van der Waals surface area contributed by atoms with Gasteiger partial charge in [-0.1, -0.05) is 146 Å². The lowest BCUT2D eigenvalue weighted by atomic mass is 9.99. The first-order valence-electron chi connectivity index (χ1n) is 32.1. The van der Waals surface area contributed by atoms with Gasteiger partial charge in [-0.15, -0.1) is 0 Å². The van der Waals surface area contributed by atoms with Gasteiger partial charge in [0, 0.05) is 97.0 Å². The van der Waals surface area contributed by atoms with Gasteiger partial charge in [0.1, 0.15) is 89.3 Å². The second kappa shape index (κ2) is 20.2. The molecule has 0 unspecified atom stereocenters. The summed E-state index contributed by atoms with van der Waals surface area (Å²) in [6, 6.07) is 99.7. The van der Waals surface area contributed by atoms with Crippen LogP contribution in [0.1, 0.15) is 0 Å². The molecule has 0 fully saturated rings. The van der Waals surface area contributed by atoms with Gasteiger partial charge in [-0.2, -0.15) is 0 Å². The van der Waals surface area contributed by atoms with Gasteiger partial charge in [0.05, 0.1) is 0 Å². The smallest absolute Gasteiger partial charge is 0.143 e. The van der Waals surface area contributed by atoms with E-state index >= 15 is 0 Å². The SMILES string of the molecule is c1ccc2c(c1)oc1c2ccc2c1ccc1c3ccccc3oc12.c1ccc2c(c1)oc1cc3cc4c(cc3cc12)oc1ccccc14.c1ccc2c(c1)oc1cc3cc4oc5ccccc5c4cc3cc12.c1ccc2c(c1)oc1ccc3c(ccc4oc5ccccc5c43)c12. The van der Waals surface area contributed by atoms with E-state index in [1.54, 1.807) is 0 Å². The third-order valence-corrected chi connectivity index (χ3v) is 19.4. The molecule has 0 amide bonds. The van der Waals surface area contributed by atoms with E-state index in [0.29, 0.717) is 0 Å². The highest BCUT2D eigenvalue weighted by Gasteiger charge is 2.19. The molecule has 96 heavy (non-hydrogen) atoms. The van der Waals surface area contributed by atoms with Crippen molar-refractivity contribution in [2.45, 2.75) is 0 Å². The molecule has 0 bridgehead atoms. The predicted molar refractivity (Wildman–Crippen MR) is 394 cm³/mol. The minimum absolute atomic E-state index is 0.916. The summed E-state index contributed by atoms with van der Waals surface area (Å²) in [6.45, 7) is 0. The molecule has 8 heteroatoms. The van der Waals surface area contributed by atoms with E-state index in [1.807, 2.05) is 133 Å². The summed E-state index contributed by atoms with van der Waals surface area (Å²) >= 11 is 0. The highest BCUT2D eigenvalue weighted by molar-refractivity contribution is 6.28. The van der Waals surface area contributed by atoms with Crippen molar-refractivity contribution in [3.8, 4) is 0 Å². The first-order valence-corrected chi connectivity index (χ1v) is 32.1. The molecule has 448 valence electrons. The van der Waals surface area contributed by atoms with Crippen LogP contribution in [0.25, 0.3) is 219 Å². The third kappa shape index (κ3) is 7.96. The van der Waals surface area contributed by atoms with Gasteiger partial charge in [-0.25, -0.2) is 0 Å². The maximum atomic E-state index is 6.15. The van der Waals surface area contributed by atoms with Crippen LogP contribution in [0.4, 0.5) is 0 Å². The van der Waals surface area contributed by atoms with Crippen LogP contribution in [0.15, 0.2) is 327 Å². The van der Waals surface area contributed by atoms with Crippen molar-refractivity contribution in [1.82, 2.24) is 0 Å². The van der Waals surface area contributed by atoms with E-state index < -0.39 is 0 Å². The van der Waals surface area contributed by atoms with Crippen molar-refractivity contribution in [2.24, 2.45) is 0 Å². The molecule has 16 aromatic carbocycles. The summed E-state index contributed by atoms with van der Waals surface area (Å²) in [5.74, 6) is 0. The van der Waals surface area contributed by atoms with Crippen molar-refractivity contribution in [2.75, 3.05) is 0 Å². The quantitative estimate of drug-likeness (QED) is 0.148. The molecule has 8 heterocycles. The zero-order valence-electron chi connectivity index (χ0n) is 51.0. The molecule has 0 N–H and O–H groups in total. The molecule has 0 atom stereocenters. The van der Waals surface area contributed by atoms with Crippen molar-refractivity contribution >= 4 is 219 Å². The second-order valence-corrected chi connectivity index (χ2v) is 24.8. The zero-order chi connectivity index (χ0) is 62.7. The Morgan fingerprint density at radius 1 is 0.125 bits per heavy atom. The zero-order valence-corrected chi connectivity index (χ0v) is 51.0. The molecule has 24 rings (SSSR count). The van der Waals surface area contributed by atoms with Crippen LogP contribution in [-0.2, 0) is 0 Å². The minimum Gasteiger partial charge on any atom is -0.456 e. The average Bonchev–Trinajstić information content (AvgIpc) is 1.57. The Bertz CT molecular complexity index is 6890. The van der Waals surface area contributed by atoms with Crippen LogP contribution in [-0.4, -0.2) is 0 Å². The van der Waals surface area contributed by atoms with Crippen molar-refractivity contribution in [3.63, 3.8) is 0 Å². The predicted octanol–water partition coefficient (Wildman–Crippen LogP) is 26.6. The van der Waals surface area contributed by atoms with Crippen molar-refractivity contribution in [1.29, 1.82) is 0 Å². The molecule has 0 saturated heterocycles. The average molecular weight is 1230 g/mol. The molecule has 24 aromatic rings. The fourth-order valence-electron chi connectivity index (χ4n) is 15.0. The van der Waals surface area contributed by atoms with Gasteiger partial charge in [-0.3, -0.25) is 0 Å². The number of para-hydroxylation sites is 8. The van der Waals surface area contributed by atoms with Crippen LogP contribution in [0.2, 0.25) is 0 Å². The molecule has 0 spiro atoms. The molecular weight excluding hydrogens is 1180 g/mol. The van der Waals surface area contributed by atoms with E-state index in [2.05, 4.69) is 158 Å². The van der Waals surface area contributed by atoms with E-state index in [9.17, 15) is 0 Å². The van der Waals surface area contributed by atoms with Crippen molar-refractivity contribution in [3.05, 3.63) is 291 Å². The minimum atomic E-state index is 0.916. The highest BCUT2D eigenvalue weighted by atomic mass is 16.4. The van der Waals surface area contributed by atoms with Crippen LogP contribution in [0.5, 0.6) is 0 Å². The number of benzene rings is 16. The molecule has 0 aliphatic rings. The number of furan rings is 8. The number of rotatable bonds is 0. The Hall–Kier alpha value is -13.0. The first-order chi connectivity index (χ1) is 47.5. The van der Waals surface area contributed by atoms with E-state index in [0.717, 1.165) is 181 Å². The van der Waals surface area contributed by atoms with Crippen LogP contribution < -0.4 is 0 Å². The summed E-state index contributed by atoms with van der Waals surface area (Å²) in [6.07, 6.45) is 0. The van der Waals surface area contributed by atoms with Gasteiger partial charge in [0.25, 0.3) is 0 Å². The highest BCUT2D eigenvalue weighted by Crippen LogP contribution is 2.44. The normalized spacial score (nSPS) is 12.2. The molecule has 0 aliphatic heterocycles. The lowest BCUT2D eigenvalue weighted by molar-refractivity contribution is 0.668. The molecule has 0 radical (unpaired) electrons. The standard InChI is InChI=1S/4C22H12O2/c1-3-7-19-15(5-1)17-9-13-12-22-18(10-14(13)11-21(17)23-19)16-6-2-4-8-20(16)24-22;1-3-7-19-15(5-1)17-9-13-10-18-16-6-2-4-8-20(16)24-22(18)12-14(13)11-21(17)23-19;1-3-7-17-15(5-1)21-13-9-12-20-22(14(13)10-11-19(21)23-17)16-6-2-4-8-18(16)24-20;1-3-7-19-13(5-1)15-9-11-18-17(21(15)23-19)12-10-16-14-6-2-4-8-20(14)24-22(16)18/h4*1-12H. The molecule has 0 saturated carbocycles. The molecular formula is C88H48O8. The van der Waals surface area contributed by atoms with Gasteiger partial charge < -0.3 is 35.3 Å². The topological polar surface area (TPSA) is 105 Å². The summed E-state index contributed by atoms with van der Waals surface area (Å²) in [4.78, 5) is 0. The largest absolute Gasteiger partial charge is 0.456 e. The van der Waals surface area contributed by atoms with Crippen LogP contribution in [0.3, 0.4) is 0 Å². The fraction of sp³-hybridized carbons (Fsp3) is 0. The Balaban J connectivity index is 0.0000000849. The van der Waals surface area contributed by atoms with Gasteiger partial charge in [0.15, 0.2) is 0 Å². The molecule has 8 aromatic heterocycles. The Morgan fingerprint density at radius 2 is 0.333 bits per heavy atom. The Kier molecular flexibility index (Phi) is 11.1. The summed E-state index contributed by atoms with van der Waals surface area (Å²) in [5.41, 5.74) is 14.8. The number of hydrogen-bond acceptors (Lipinski definition) is 8. The summed E-state index contributed by atoms with van der Waals surface area (Å²) < 4.78 is 48.4. The monoisotopic (exact) mass is 1230 g/mol. The first kappa shape index (κ1) is 52.6. The number of hydrogen-bond donors (Lipinski definition) is 0. The van der Waals surface area contributed by atoms with E-state index in [1.165, 1.54) is 37.7 Å². The van der Waals surface area contributed by atoms with Gasteiger partial charge in [0.2, 0.25) is 0 Å². The maximum absolute atomic E-state index is 6.15.